The Morgan fingerprint density at radius 2 is 2.22 bits per heavy atom. The minimum Gasteiger partial charge on any atom is -0.463 e. The van der Waals surface area contributed by atoms with Gasteiger partial charge in [-0.1, -0.05) is 13.8 Å². The van der Waals surface area contributed by atoms with Gasteiger partial charge in [-0.15, -0.1) is 21.2 Å². The van der Waals surface area contributed by atoms with Crippen LogP contribution in [0.5, 0.6) is 0 Å². The zero-order valence-electron chi connectivity index (χ0n) is 5.55. The molecule has 3 heteroatoms. The summed E-state index contributed by atoms with van der Waals surface area (Å²) < 4.78 is 2.57. The van der Waals surface area contributed by atoms with Crippen LogP contribution in [0.25, 0.3) is 0 Å². The normalized spacial score (nSPS) is 29.3. The SMILES string of the molecule is CC1(C)C=[S-]1=CSC=N. The van der Waals surface area contributed by atoms with E-state index in [4.69, 9.17) is 5.41 Å². The summed E-state index contributed by atoms with van der Waals surface area (Å²) >= 11 is 1.48. The van der Waals surface area contributed by atoms with Gasteiger partial charge >= 0.3 is 0 Å². The van der Waals surface area contributed by atoms with E-state index in [0.717, 1.165) is 0 Å². The summed E-state index contributed by atoms with van der Waals surface area (Å²) in [5.41, 5.74) is 1.37. The predicted octanol–water partition coefficient (Wildman–Crippen LogP) is 1.30. The Labute approximate surface area is 61.9 Å². The van der Waals surface area contributed by atoms with E-state index < -0.39 is 0 Å². The zero-order chi connectivity index (χ0) is 6.91. The van der Waals surface area contributed by atoms with Gasteiger partial charge < -0.3 is 15.5 Å². The molecule has 1 heterocycles. The maximum absolute atomic E-state index is 6.75. The van der Waals surface area contributed by atoms with Crippen molar-refractivity contribution in [3.05, 3.63) is 0 Å². The zero-order valence-corrected chi connectivity index (χ0v) is 7.18. The van der Waals surface area contributed by atoms with Gasteiger partial charge in [-0.2, -0.15) is 0 Å². The summed E-state index contributed by atoms with van der Waals surface area (Å²) in [7, 11) is 0.386. The number of nitrogens with one attached hydrogen (secondary N) is 1. The number of thioether (sulfide) groups is 1. The van der Waals surface area contributed by atoms with Crippen molar-refractivity contribution in [2.75, 3.05) is 0 Å². The van der Waals surface area contributed by atoms with E-state index in [1.165, 1.54) is 17.3 Å². The second kappa shape index (κ2) is 2.39. The quantitative estimate of drug-likeness (QED) is 0.280. The molecule has 0 aromatic heterocycles. The van der Waals surface area contributed by atoms with E-state index in [2.05, 4.69) is 23.9 Å². The van der Waals surface area contributed by atoms with Gasteiger partial charge in [0.05, 0.1) is 5.55 Å². The van der Waals surface area contributed by atoms with Gasteiger partial charge in [0.1, 0.15) is 0 Å². The third-order valence-corrected chi connectivity index (χ3v) is 4.52. The van der Waals surface area contributed by atoms with Crippen LogP contribution in [0.4, 0.5) is 0 Å². The summed E-state index contributed by atoms with van der Waals surface area (Å²) in [5.74, 6) is 0. The number of hydrogen-bond acceptors (Lipinski definition) is 3. The Hall–Kier alpha value is 0.110. The predicted molar refractivity (Wildman–Crippen MR) is 49.9 cm³/mol. The third-order valence-electron chi connectivity index (χ3n) is 1.19. The fraction of sp³-hybridized carbons (Fsp3) is 0.500. The second-order valence-electron chi connectivity index (χ2n) is 2.44. The lowest BCUT2D eigenvalue weighted by Crippen LogP contribution is -1.99. The maximum atomic E-state index is 6.75. The lowest BCUT2D eigenvalue weighted by atomic mass is 10.3. The largest absolute Gasteiger partial charge is 0.463 e. The van der Waals surface area contributed by atoms with Crippen LogP contribution in [0.1, 0.15) is 13.8 Å². The van der Waals surface area contributed by atoms with Crippen molar-refractivity contribution < 1.29 is 0 Å². The van der Waals surface area contributed by atoms with Crippen LogP contribution in [0.2, 0.25) is 0 Å². The topological polar surface area (TPSA) is 23.9 Å². The van der Waals surface area contributed by atoms with Crippen molar-refractivity contribution in [2.24, 2.45) is 0 Å². The van der Waals surface area contributed by atoms with Gasteiger partial charge in [0, 0.05) is 0 Å². The van der Waals surface area contributed by atoms with E-state index in [1.54, 1.807) is 0 Å². The van der Waals surface area contributed by atoms with Crippen molar-refractivity contribution in [2.45, 2.75) is 18.6 Å². The molecule has 52 valence electrons. The molecule has 0 aliphatic carbocycles. The Morgan fingerprint density at radius 1 is 1.67 bits per heavy atom. The van der Waals surface area contributed by atoms with Crippen LogP contribution in [0, 0.1) is 5.41 Å². The molecular formula is C6H10NS2-. The molecule has 0 spiro atoms. The van der Waals surface area contributed by atoms with Crippen molar-refractivity contribution in [1.29, 1.82) is 5.41 Å². The molecule has 0 unspecified atom stereocenters. The molecule has 0 atom stereocenters. The standard InChI is InChI=1S/C6H10NS2/c1-6(2)3-9(6)5-8-4-7/h3-5,7H,1-2H3/q-1. The van der Waals surface area contributed by atoms with Gasteiger partial charge in [0.2, 0.25) is 0 Å². The highest BCUT2D eigenvalue weighted by molar-refractivity contribution is 8.33. The van der Waals surface area contributed by atoms with Crippen LogP contribution in [0.3, 0.4) is 0 Å². The second-order valence-corrected chi connectivity index (χ2v) is 5.75. The molecule has 1 nitrogen and oxygen atoms in total. The van der Waals surface area contributed by atoms with Crippen LogP contribution in [0.15, 0.2) is 0 Å². The molecule has 1 aliphatic heterocycles. The number of hydrogen-bond donors (Lipinski definition) is 1. The van der Waals surface area contributed by atoms with Crippen molar-refractivity contribution in [1.82, 2.24) is 0 Å². The molecule has 1 aliphatic rings. The monoisotopic (exact) mass is 160 g/mol. The molecule has 1 rings (SSSR count). The van der Waals surface area contributed by atoms with Gasteiger partial charge in [0.25, 0.3) is 0 Å². The Morgan fingerprint density at radius 3 is 2.56 bits per heavy atom. The van der Waals surface area contributed by atoms with Gasteiger partial charge in [-0.3, -0.25) is 0 Å². The van der Waals surface area contributed by atoms with Gasteiger partial charge in [-0.05, 0) is 0 Å². The molecule has 0 aromatic carbocycles. The average Bonchev–Trinajstić information content (AvgIpc) is 2.35. The highest BCUT2D eigenvalue weighted by atomic mass is 32.2. The highest BCUT2D eigenvalue weighted by Gasteiger charge is 2.09. The van der Waals surface area contributed by atoms with Gasteiger partial charge in [-0.25, -0.2) is 5.37 Å². The smallest absolute Gasteiger partial charge is 0.0527 e. The molecular weight excluding hydrogens is 150 g/mol. The summed E-state index contributed by atoms with van der Waals surface area (Å²) in [6.07, 6.45) is 0. The molecule has 0 amide bonds. The van der Waals surface area contributed by atoms with Crippen LogP contribution >= 0.6 is 11.8 Å². The van der Waals surface area contributed by atoms with Crippen LogP contribution in [-0.4, -0.2) is 20.4 Å². The summed E-state index contributed by atoms with van der Waals surface area (Å²) in [4.78, 5) is 0. The molecule has 9 heavy (non-hydrogen) atoms. The molecule has 1 N–H and O–H groups in total. The van der Waals surface area contributed by atoms with E-state index in [9.17, 15) is 0 Å². The van der Waals surface area contributed by atoms with Crippen LogP contribution in [-0.2, 0) is 10.1 Å². The van der Waals surface area contributed by atoms with Gasteiger partial charge in [0.15, 0.2) is 0 Å². The van der Waals surface area contributed by atoms with Crippen molar-refractivity contribution in [3.63, 3.8) is 0 Å². The Bertz CT molecular complexity index is 209. The summed E-state index contributed by atoms with van der Waals surface area (Å²) in [6.45, 7) is 4.44. The Kier molecular flexibility index (Phi) is 1.91. The third kappa shape index (κ3) is 1.76. The molecule has 0 bridgehead atoms. The van der Waals surface area contributed by atoms with E-state index in [1.807, 2.05) is 0 Å². The first kappa shape index (κ1) is 7.22. The Balaban J connectivity index is 2.49. The fourth-order valence-electron chi connectivity index (χ4n) is 0.521. The lowest BCUT2D eigenvalue weighted by Gasteiger charge is -2.07. The highest BCUT2D eigenvalue weighted by Crippen LogP contribution is 2.19. The molecule has 0 fully saturated rings. The first-order valence-corrected chi connectivity index (χ1v) is 5.02. The molecule has 0 saturated carbocycles. The molecule has 0 aromatic rings. The molecule has 0 radical (unpaired) electrons. The van der Waals surface area contributed by atoms with Crippen molar-refractivity contribution in [3.8, 4) is 0 Å². The summed E-state index contributed by atoms with van der Waals surface area (Å²) in [6, 6.07) is 0. The minimum atomic E-state index is 0.386. The minimum absolute atomic E-state index is 0.386. The fourth-order valence-corrected chi connectivity index (χ4v) is 3.17. The van der Waals surface area contributed by atoms with E-state index in [0.29, 0.717) is 14.8 Å². The van der Waals surface area contributed by atoms with Crippen molar-refractivity contribution >= 4 is 37.4 Å². The first-order chi connectivity index (χ1) is 4.17. The van der Waals surface area contributed by atoms with E-state index >= 15 is 0 Å². The van der Waals surface area contributed by atoms with Crippen LogP contribution < -0.4 is 0 Å². The maximum Gasteiger partial charge on any atom is 0.0527 e. The van der Waals surface area contributed by atoms with E-state index in [-0.39, 0.29) is 0 Å². The number of rotatable bonds is 2. The lowest BCUT2D eigenvalue weighted by molar-refractivity contribution is 1.02. The summed E-state index contributed by atoms with van der Waals surface area (Å²) in [5, 5.41) is 9.06. The average molecular weight is 160 g/mol. The molecule has 0 saturated heterocycles. The first-order valence-electron chi connectivity index (χ1n) is 2.72.